The summed E-state index contributed by atoms with van der Waals surface area (Å²) < 4.78 is 59.3. The Morgan fingerprint density at radius 1 is 0.614 bits per heavy atom. The van der Waals surface area contributed by atoms with Gasteiger partial charge in [0.15, 0.2) is 19.7 Å². The summed E-state index contributed by atoms with van der Waals surface area (Å²) in [6, 6.07) is 17.4. The van der Waals surface area contributed by atoms with Crippen LogP contribution in [0.15, 0.2) is 70.5 Å². The number of anilines is 2. The molecule has 232 valence electrons. The number of nitrogens with zero attached hydrogens (tertiary/aromatic N) is 2. The summed E-state index contributed by atoms with van der Waals surface area (Å²) in [4.78, 5) is 20.2. The number of ether oxygens (including phenoxy) is 2. The van der Waals surface area contributed by atoms with Crippen LogP contribution in [0.25, 0.3) is 22.3 Å². The van der Waals surface area contributed by atoms with Gasteiger partial charge in [-0.25, -0.2) is 16.8 Å². The second-order valence-corrected chi connectivity index (χ2v) is 16.9. The topological polar surface area (TPSA) is 110 Å². The van der Waals surface area contributed by atoms with E-state index in [1.807, 2.05) is 12.1 Å². The van der Waals surface area contributed by atoms with Gasteiger partial charge in [-0.05, 0) is 47.5 Å². The van der Waals surface area contributed by atoms with Gasteiger partial charge in [-0.15, -0.1) is 22.7 Å². The molecule has 2 saturated heterocycles. The predicted molar refractivity (Wildman–Crippen MR) is 175 cm³/mol. The van der Waals surface area contributed by atoms with Crippen LogP contribution in [0.4, 0.5) is 10.0 Å². The lowest BCUT2D eigenvalue weighted by Gasteiger charge is -2.28. The molecule has 0 aliphatic carbocycles. The van der Waals surface area contributed by atoms with E-state index >= 15 is 0 Å². The Labute approximate surface area is 265 Å². The standard InChI is InChI=1S/C31H32N2O7S4/c1-43(35,36)23-7-3-21(4-8-23)25-19-27(41-30(25)32-11-15-39-16-12-32)29(34)28-20-26(31(42-28)33-13-17-40-18-14-33)22-5-9-24(10-6-22)44(2,37)38/h3-10,19-20H,11-18H2,1-2H3. The van der Waals surface area contributed by atoms with E-state index in [4.69, 9.17) is 9.47 Å². The Morgan fingerprint density at radius 3 is 1.27 bits per heavy atom. The average Bonchev–Trinajstić information content (AvgIpc) is 3.67. The Morgan fingerprint density at radius 2 is 0.955 bits per heavy atom. The van der Waals surface area contributed by atoms with Crippen LogP contribution < -0.4 is 9.80 Å². The molecule has 4 heterocycles. The first kappa shape index (κ1) is 30.9. The Hall–Kier alpha value is -3.07. The molecule has 0 amide bonds. The van der Waals surface area contributed by atoms with E-state index in [2.05, 4.69) is 9.80 Å². The lowest BCUT2D eigenvalue weighted by atomic mass is 10.1. The minimum absolute atomic E-state index is 0.0953. The molecule has 2 aromatic carbocycles. The highest BCUT2D eigenvalue weighted by Crippen LogP contribution is 2.44. The van der Waals surface area contributed by atoms with Crippen molar-refractivity contribution in [3.05, 3.63) is 70.4 Å². The number of ketones is 1. The van der Waals surface area contributed by atoms with Crippen molar-refractivity contribution in [1.82, 2.24) is 0 Å². The van der Waals surface area contributed by atoms with Crippen molar-refractivity contribution in [2.45, 2.75) is 9.79 Å². The summed E-state index contributed by atoms with van der Waals surface area (Å²) in [7, 11) is -6.68. The molecule has 13 heteroatoms. The zero-order valence-corrected chi connectivity index (χ0v) is 27.6. The quantitative estimate of drug-likeness (QED) is 0.243. The molecule has 2 aliphatic heterocycles. The molecule has 0 saturated carbocycles. The van der Waals surface area contributed by atoms with E-state index in [-0.39, 0.29) is 15.6 Å². The molecule has 0 atom stereocenters. The fourth-order valence-electron chi connectivity index (χ4n) is 5.29. The van der Waals surface area contributed by atoms with E-state index in [1.54, 1.807) is 48.5 Å². The fourth-order valence-corrected chi connectivity index (χ4v) is 8.99. The SMILES string of the molecule is CS(=O)(=O)c1ccc(-c2cc(C(=O)c3cc(-c4ccc(S(C)(=O)=O)cc4)c(N4CCOCC4)s3)sc2N2CCOCC2)cc1. The third-order valence-corrected chi connectivity index (χ3v) is 12.3. The van der Waals surface area contributed by atoms with Gasteiger partial charge >= 0.3 is 0 Å². The minimum Gasteiger partial charge on any atom is -0.378 e. The largest absolute Gasteiger partial charge is 0.378 e. The normalized spacial score (nSPS) is 16.3. The lowest BCUT2D eigenvalue weighted by Crippen LogP contribution is -2.35. The molecular formula is C31H32N2O7S4. The summed E-state index contributed by atoms with van der Waals surface area (Å²) in [5, 5.41) is 1.90. The molecule has 4 aromatic rings. The minimum atomic E-state index is -3.34. The number of hydrogen-bond donors (Lipinski definition) is 0. The first-order valence-corrected chi connectivity index (χ1v) is 19.5. The van der Waals surface area contributed by atoms with Crippen LogP contribution in [0.1, 0.15) is 14.5 Å². The van der Waals surface area contributed by atoms with Crippen molar-refractivity contribution < 1.29 is 31.1 Å². The van der Waals surface area contributed by atoms with Crippen molar-refractivity contribution in [2.24, 2.45) is 0 Å². The Bertz CT molecular complexity index is 1740. The molecule has 0 N–H and O–H groups in total. The first-order valence-electron chi connectivity index (χ1n) is 14.1. The summed E-state index contributed by atoms with van der Waals surface area (Å²) in [6.45, 7) is 5.11. The van der Waals surface area contributed by atoms with Gasteiger partial charge in [0.2, 0.25) is 5.78 Å². The second kappa shape index (κ2) is 12.4. The summed E-state index contributed by atoms with van der Waals surface area (Å²) >= 11 is 2.87. The highest BCUT2D eigenvalue weighted by Gasteiger charge is 2.27. The number of carbonyl (C=O) groups excluding carboxylic acids is 1. The fraction of sp³-hybridized carbons (Fsp3) is 0.323. The van der Waals surface area contributed by atoms with Crippen LogP contribution in [0.2, 0.25) is 0 Å². The van der Waals surface area contributed by atoms with E-state index in [0.29, 0.717) is 62.4 Å². The zero-order chi connectivity index (χ0) is 31.1. The van der Waals surface area contributed by atoms with Crippen LogP contribution in [-0.2, 0) is 29.1 Å². The van der Waals surface area contributed by atoms with Crippen molar-refractivity contribution in [3.8, 4) is 22.3 Å². The zero-order valence-electron chi connectivity index (χ0n) is 24.3. The molecule has 2 aromatic heterocycles. The second-order valence-electron chi connectivity index (χ2n) is 10.8. The van der Waals surface area contributed by atoms with E-state index in [9.17, 15) is 21.6 Å². The van der Waals surface area contributed by atoms with Crippen LogP contribution in [0.5, 0.6) is 0 Å². The van der Waals surface area contributed by atoms with Gasteiger partial charge < -0.3 is 19.3 Å². The van der Waals surface area contributed by atoms with Crippen molar-refractivity contribution >= 4 is 58.1 Å². The van der Waals surface area contributed by atoms with Crippen LogP contribution in [-0.4, -0.2) is 87.7 Å². The third kappa shape index (κ3) is 6.49. The number of carbonyl (C=O) groups is 1. The van der Waals surface area contributed by atoms with Gasteiger partial charge in [-0.1, -0.05) is 24.3 Å². The maximum absolute atomic E-state index is 14.2. The number of benzene rings is 2. The third-order valence-electron chi connectivity index (χ3n) is 7.66. The molecule has 9 nitrogen and oxygen atoms in total. The summed E-state index contributed by atoms with van der Waals surface area (Å²) in [6.07, 6.45) is 2.37. The van der Waals surface area contributed by atoms with Crippen molar-refractivity contribution in [2.75, 3.05) is 74.9 Å². The first-order chi connectivity index (χ1) is 21.0. The molecule has 2 fully saturated rings. The number of morpholine rings is 2. The molecule has 0 bridgehead atoms. The van der Waals surface area contributed by atoms with E-state index in [0.717, 1.165) is 32.3 Å². The predicted octanol–water partition coefficient (Wildman–Crippen LogP) is 4.85. The van der Waals surface area contributed by atoms with E-state index < -0.39 is 19.7 Å². The number of sulfone groups is 2. The molecule has 0 unspecified atom stereocenters. The average molecular weight is 673 g/mol. The number of hydrogen-bond acceptors (Lipinski definition) is 11. The van der Waals surface area contributed by atoms with Crippen LogP contribution >= 0.6 is 22.7 Å². The Balaban J connectivity index is 1.40. The number of rotatable bonds is 8. The molecule has 0 spiro atoms. The van der Waals surface area contributed by atoms with Gasteiger partial charge in [0.05, 0.1) is 56.0 Å². The van der Waals surface area contributed by atoms with Crippen LogP contribution in [0.3, 0.4) is 0 Å². The van der Waals surface area contributed by atoms with Gasteiger partial charge in [0, 0.05) is 49.8 Å². The highest BCUT2D eigenvalue weighted by atomic mass is 32.2. The van der Waals surface area contributed by atoms with Gasteiger partial charge in [0.25, 0.3) is 0 Å². The lowest BCUT2D eigenvalue weighted by molar-refractivity contribution is 0.104. The van der Waals surface area contributed by atoms with Crippen molar-refractivity contribution in [3.63, 3.8) is 0 Å². The Kier molecular flexibility index (Phi) is 8.70. The van der Waals surface area contributed by atoms with Gasteiger partial charge in [-0.2, -0.15) is 0 Å². The van der Waals surface area contributed by atoms with E-state index in [1.165, 1.54) is 35.2 Å². The van der Waals surface area contributed by atoms with Crippen molar-refractivity contribution in [1.29, 1.82) is 0 Å². The molecule has 44 heavy (non-hydrogen) atoms. The monoisotopic (exact) mass is 672 g/mol. The maximum Gasteiger partial charge on any atom is 0.213 e. The maximum atomic E-state index is 14.2. The smallest absolute Gasteiger partial charge is 0.213 e. The summed E-state index contributed by atoms with van der Waals surface area (Å²) in [5.74, 6) is -0.0953. The van der Waals surface area contributed by atoms with Gasteiger partial charge in [-0.3, -0.25) is 4.79 Å². The molecule has 6 rings (SSSR count). The summed E-state index contributed by atoms with van der Waals surface area (Å²) in [5.41, 5.74) is 3.42. The highest BCUT2D eigenvalue weighted by molar-refractivity contribution is 7.91. The molecule has 2 aliphatic rings. The van der Waals surface area contributed by atoms with Crippen LogP contribution in [0, 0.1) is 0 Å². The van der Waals surface area contributed by atoms with Gasteiger partial charge in [0.1, 0.15) is 0 Å². The number of thiophene rings is 2. The molecule has 0 radical (unpaired) electrons. The molecular weight excluding hydrogens is 641 g/mol.